The lowest BCUT2D eigenvalue weighted by Crippen LogP contribution is -2.36. The van der Waals surface area contributed by atoms with Crippen molar-refractivity contribution in [2.45, 2.75) is 66.1 Å². The van der Waals surface area contributed by atoms with E-state index < -0.39 is 0 Å². The van der Waals surface area contributed by atoms with Crippen molar-refractivity contribution >= 4 is 17.0 Å². The molecule has 1 aliphatic carbocycles. The molecule has 4 aromatic rings. The third kappa shape index (κ3) is 3.41. The fourth-order valence-corrected chi connectivity index (χ4v) is 4.56. The number of fused-ring (bicyclic) bond motifs is 2. The van der Waals surface area contributed by atoms with Crippen molar-refractivity contribution in [1.82, 2.24) is 39.0 Å². The van der Waals surface area contributed by atoms with E-state index in [2.05, 4.69) is 67.1 Å². The molecule has 166 valence electrons. The van der Waals surface area contributed by atoms with E-state index in [4.69, 9.17) is 4.98 Å². The summed E-state index contributed by atoms with van der Waals surface area (Å²) >= 11 is 0. The number of hydrogen-bond donors (Lipinski definition) is 1. The first-order valence-corrected chi connectivity index (χ1v) is 11.3. The monoisotopic (exact) mass is 431 g/mol. The summed E-state index contributed by atoms with van der Waals surface area (Å²) in [5.74, 6) is 2.75. The van der Waals surface area contributed by atoms with Crippen LogP contribution in [-0.4, -0.2) is 45.1 Å². The Hall–Kier alpha value is -3.36. The Kier molecular flexibility index (Phi) is 5.11. The Balaban J connectivity index is 1.52. The molecule has 0 saturated carbocycles. The Labute approximate surface area is 187 Å². The molecule has 9 nitrogen and oxygen atoms in total. The van der Waals surface area contributed by atoms with Crippen molar-refractivity contribution in [2.24, 2.45) is 5.92 Å². The van der Waals surface area contributed by atoms with Crippen LogP contribution in [0.2, 0.25) is 0 Å². The van der Waals surface area contributed by atoms with Gasteiger partial charge in [0.2, 0.25) is 0 Å². The van der Waals surface area contributed by atoms with Gasteiger partial charge in [-0.05, 0) is 40.0 Å². The highest BCUT2D eigenvalue weighted by Gasteiger charge is 2.30. The Bertz CT molecular complexity index is 1250. The SMILES string of the molecule is CCn1c(-c2cnc(C)nc2)nc2c(N[C@H]3Cc4c(ncn4C(C)C)C[C@H]3C)ncnc21. The minimum Gasteiger partial charge on any atom is -0.365 e. The second-order valence-electron chi connectivity index (χ2n) is 8.87. The zero-order valence-electron chi connectivity index (χ0n) is 19.2. The maximum absolute atomic E-state index is 4.93. The molecule has 0 unspecified atom stereocenters. The molecule has 0 aromatic carbocycles. The van der Waals surface area contributed by atoms with Gasteiger partial charge in [-0.25, -0.2) is 29.9 Å². The first kappa shape index (κ1) is 20.5. The standard InChI is InChI=1S/C23H29N9/c1-6-31-22(16-9-24-15(5)25-10-16)30-20-21(26-11-27-23(20)31)29-17-8-19-18(7-14(17)4)28-12-32(19)13(2)3/h9-14,17H,6-8H2,1-5H3,(H,26,27,29)/t14-,17+/m1/s1. The van der Waals surface area contributed by atoms with Gasteiger partial charge in [-0.2, -0.15) is 0 Å². The molecular formula is C23H29N9. The van der Waals surface area contributed by atoms with Crippen LogP contribution in [-0.2, 0) is 19.4 Å². The van der Waals surface area contributed by atoms with Crippen molar-refractivity contribution in [3.8, 4) is 11.4 Å². The normalized spacial score (nSPS) is 18.3. The van der Waals surface area contributed by atoms with Crippen LogP contribution in [0.4, 0.5) is 5.82 Å². The van der Waals surface area contributed by atoms with Crippen LogP contribution in [0.3, 0.4) is 0 Å². The topological polar surface area (TPSA) is 99.2 Å². The molecule has 1 aliphatic rings. The number of aryl methyl sites for hydroxylation is 2. The van der Waals surface area contributed by atoms with E-state index in [9.17, 15) is 0 Å². The average molecular weight is 432 g/mol. The molecule has 0 spiro atoms. The molecule has 0 saturated heterocycles. The van der Waals surface area contributed by atoms with E-state index in [0.29, 0.717) is 12.0 Å². The molecule has 4 heterocycles. The largest absolute Gasteiger partial charge is 0.365 e. The number of rotatable bonds is 5. The first-order chi connectivity index (χ1) is 15.5. The summed E-state index contributed by atoms with van der Waals surface area (Å²) < 4.78 is 4.37. The summed E-state index contributed by atoms with van der Waals surface area (Å²) in [5.41, 5.74) is 5.00. The van der Waals surface area contributed by atoms with Gasteiger partial charge in [-0.3, -0.25) is 0 Å². The molecule has 0 radical (unpaired) electrons. The van der Waals surface area contributed by atoms with Crippen LogP contribution in [0.1, 0.15) is 50.9 Å². The number of aromatic nitrogens is 8. The minimum atomic E-state index is 0.243. The van der Waals surface area contributed by atoms with E-state index in [-0.39, 0.29) is 6.04 Å². The molecule has 32 heavy (non-hydrogen) atoms. The van der Waals surface area contributed by atoms with Gasteiger partial charge >= 0.3 is 0 Å². The fourth-order valence-electron chi connectivity index (χ4n) is 4.56. The van der Waals surface area contributed by atoms with Crippen molar-refractivity contribution in [1.29, 1.82) is 0 Å². The highest BCUT2D eigenvalue weighted by atomic mass is 15.2. The fraction of sp³-hybridized carbons (Fsp3) is 0.478. The summed E-state index contributed by atoms with van der Waals surface area (Å²) in [6.45, 7) is 11.4. The van der Waals surface area contributed by atoms with Gasteiger partial charge in [0.1, 0.15) is 18.0 Å². The average Bonchev–Trinajstić information content (AvgIpc) is 3.36. The molecule has 5 rings (SSSR count). The highest BCUT2D eigenvalue weighted by Crippen LogP contribution is 2.31. The highest BCUT2D eigenvalue weighted by molar-refractivity contribution is 5.86. The van der Waals surface area contributed by atoms with Gasteiger partial charge in [0.25, 0.3) is 0 Å². The minimum absolute atomic E-state index is 0.243. The van der Waals surface area contributed by atoms with Gasteiger partial charge in [-0.15, -0.1) is 0 Å². The first-order valence-electron chi connectivity index (χ1n) is 11.3. The van der Waals surface area contributed by atoms with Crippen molar-refractivity contribution in [3.05, 3.63) is 42.3 Å². The summed E-state index contributed by atoms with van der Waals surface area (Å²) in [6.07, 6.45) is 9.09. The zero-order chi connectivity index (χ0) is 22.4. The van der Waals surface area contributed by atoms with Gasteiger partial charge in [0.15, 0.2) is 17.0 Å². The van der Waals surface area contributed by atoms with Crippen LogP contribution in [0.5, 0.6) is 0 Å². The second-order valence-corrected chi connectivity index (χ2v) is 8.87. The molecular weight excluding hydrogens is 402 g/mol. The maximum atomic E-state index is 4.93. The summed E-state index contributed by atoms with van der Waals surface area (Å²) in [6, 6.07) is 0.637. The molecule has 0 bridgehead atoms. The van der Waals surface area contributed by atoms with Crippen LogP contribution in [0.25, 0.3) is 22.6 Å². The van der Waals surface area contributed by atoms with Crippen molar-refractivity contribution < 1.29 is 0 Å². The molecule has 0 fully saturated rings. The van der Waals surface area contributed by atoms with Gasteiger partial charge < -0.3 is 14.5 Å². The molecule has 4 aromatic heterocycles. The Morgan fingerprint density at radius 1 is 1.09 bits per heavy atom. The number of hydrogen-bond acceptors (Lipinski definition) is 7. The van der Waals surface area contributed by atoms with Gasteiger partial charge in [0.05, 0.1) is 17.6 Å². The molecule has 1 N–H and O–H groups in total. The Morgan fingerprint density at radius 3 is 2.59 bits per heavy atom. The molecule has 0 amide bonds. The number of nitrogens with one attached hydrogen (secondary N) is 1. The van der Waals surface area contributed by atoms with Crippen molar-refractivity contribution in [3.63, 3.8) is 0 Å². The van der Waals surface area contributed by atoms with Gasteiger partial charge in [0, 0.05) is 43.1 Å². The van der Waals surface area contributed by atoms with E-state index in [1.807, 2.05) is 25.6 Å². The molecule has 2 atom stereocenters. The van der Waals surface area contributed by atoms with Crippen LogP contribution in [0.15, 0.2) is 25.0 Å². The van der Waals surface area contributed by atoms with Crippen LogP contribution >= 0.6 is 0 Å². The van der Waals surface area contributed by atoms with Crippen LogP contribution < -0.4 is 5.32 Å². The van der Waals surface area contributed by atoms with E-state index in [1.165, 1.54) is 11.4 Å². The summed E-state index contributed by atoms with van der Waals surface area (Å²) in [7, 11) is 0. The van der Waals surface area contributed by atoms with Crippen LogP contribution in [0, 0.1) is 12.8 Å². The second kappa shape index (κ2) is 7.96. The van der Waals surface area contributed by atoms with E-state index >= 15 is 0 Å². The summed E-state index contributed by atoms with van der Waals surface area (Å²) in [4.78, 5) is 27.4. The lowest BCUT2D eigenvalue weighted by atomic mass is 9.86. The third-order valence-electron chi connectivity index (χ3n) is 6.36. The molecule has 0 aliphatic heterocycles. The maximum Gasteiger partial charge on any atom is 0.165 e. The zero-order valence-corrected chi connectivity index (χ0v) is 19.2. The lowest BCUT2D eigenvalue weighted by molar-refractivity contribution is 0.426. The predicted octanol–water partition coefficient (Wildman–Crippen LogP) is 3.60. The number of nitrogens with zero attached hydrogens (tertiary/aromatic N) is 8. The van der Waals surface area contributed by atoms with Crippen molar-refractivity contribution in [2.75, 3.05) is 5.32 Å². The smallest absolute Gasteiger partial charge is 0.165 e. The third-order valence-corrected chi connectivity index (χ3v) is 6.36. The lowest BCUT2D eigenvalue weighted by Gasteiger charge is -2.31. The van der Waals surface area contributed by atoms with E-state index in [0.717, 1.165) is 53.6 Å². The number of imidazole rings is 2. The summed E-state index contributed by atoms with van der Waals surface area (Å²) in [5, 5.41) is 3.70. The molecule has 9 heteroatoms. The Morgan fingerprint density at radius 2 is 1.88 bits per heavy atom. The van der Waals surface area contributed by atoms with E-state index in [1.54, 1.807) is 6.33 Å². The predicted molar refractivity (Wildman–Crippen MR) is 123 cm³/mol. The quantitative estimate of drug-likeness (QED) is 0.515. The number of anilines is 1. The van der Waals surface area contributed by atoms with Gasteiger partial charge in [-0.1, -0.05) is 6.92 Å².